The van der Waals surface area contributed by atoms with Crippen molar-refractivity contribution in [3.63, 3.8) is 0 Å². The van der Waals surface area contributed by atoms with E-state index in [0.29, 0.717) is 72.7 Å². The van der Waals surface area contributed by atoms with Gasteiger partial charge in [0.15, 0.2) is 22.5 Å². The quantitative estimate of drug-likeness (QED) is 0.126. The van der Waals surface area contributed by atoms with Crippen LogP contribution < -0.4 is 20.5 Å². The van der Waals surface area contributed by atoms with Crippen LogP contribution in [0.15, 0.2) is 143 Å². The van der Waals surface area contributed by atoms with Crippen molar-refractivity contribution in [1.29, 1.82) is 0 Å². The third-order valence-corrected chi connectivity index (χ3v) is 7.53. The molecule has 4 aromatic heterocycles. The van der Waals surface area contributed by atoms with Crippen LogP contribution in [0.2, 0.25) is 10.0 Å². The summed E-state index contributed by atoms with van der Waals surface area (Å²) < 4.78 is 21.1. The number of para-hydroxylation sites is 2. The summed E-state index contributed by atoms with van der Waals surface area (Å²) >= 11 is 16.4. The molecule has 0 aliphatic carbocycles. The Labute approximate surface area is 316 Å². The first-order valence-corrected chi connectivity index (χ1v) is 16.6. The molecule has 8 rings (SSSR count). The predicted octanol–water partition coefficient (Wildman–Crippen LogP) is 10.7. The molecule has 0 aliphatic rings. The van der Waals surface area contributed by atoms with Crippen molar-refractivity contribution in [2.24, 2.45) is 0 Å². The van der Waals surface area contributed by atoms with Crippen LogP contribution in [0.3, 0.4) is 0 Å². The number of halogens is 3. The van der Waals surface area contributed by atoms with Crippen molar-refractivity contribution < 1.29 is 27.9 Å². The van der Waals surface area contributed by atoms with E-state index in [4.69, 9.17) is 54.1 Å². The first-order valence-electron chi connectivity index (χ1n) is 15.5. The molecule has 0 radical (unpaired) electrons. The van der Waals surface area contributed by atoms with E-state index in [2.05, 4.69) is 30.0 Å². The van der Waals surface area contributed by atoms with Gasteiger partial charge in [-0.05, 0) is 97.1 Å². The number of nitrogens with two attached hydrogens (primary N) is 1. The maximum atomic E-state index is 12.2. The van der Waals surface area contributed by atoms with Crippen molar-refractivity contribution in [3.05, 3.63) is 144 Å². The molecule has 15 heteroatoms. The number of ether oxygens (including phenoxy) is 2. The number of hydrogen-bond acceptors (Lipinski definition) is 11. The Hall–Kier alpha value is -6.47. The van der Waals surface area contributed by atoms with E-state index in [1.54, 1.807) is 91.3 Å². The molecule has 1 amide bonds. The van der Waals surface area contributed by atoms with Crippen LogP contribution in [0.4, 0.5) is 21.0 Å². The lowest BCUT2D eigenvalue weighted by atomic mass is 10.2. The summed E-state index contributed by atoms with van der Waals surface area (Å²) in [5.74, 6) is 1.64. The van der Waals surface area contributed by atoms with Crippen molar-refractivity contribution >= 4 is 80.2 Å². The predicted molar refractivity (Wildman–Crippen MR) is 203 cm³/mol. The maximum Gasteiger partial charge on any atom is 0.417 e. The molecule has 0 saturated carbocycles. The number of carbonyl (C=O) groups is 2. The third kappa shape index (κ3) is 9.86. The number of amides is 1. The van der Waals surface area contributed by atoms with E-state index >= 15 is 0 Å². The molecular weight excluding hydrogens is 743 g/mol. The zero-order valence-corrected chi connectivity index (χ0v) is 29.4. The van der Waals surface area contributed by atoms with Gasteiger partial charge in [-0.15, -0.1) is 0 Å². The highest BCUT2D eigenvalue weighted by molar-refractivity contribution is 6.61. The molecule has 3 N–H and O–H groups in total. The largest absolute Gasteiger partial charge is 0.434 e. The molecule has 0 atom stereocenters. The standard InChI is InChI=1S/C19H12ClN3O3.C12H9N3O.C7H4Cl2O2/c20-12-7-9-13(10-8-12)25-19(24)22-15-5-2-1-4-14(15)18-23-17-16(26-18)6-3-11-21-17;13-9-5-2-1-4-8(9)12-15-11-10(16-12)6-3-7-14-11;8-5-1-3-6(4-2-5)11-7(9)10/h1-11H,(H,22,24);1-7H,13H2;1-4H. The smallest absolute Gasteiger partial charge is 0.417 e. The van der Waals surface area contributed by atoms with Gasteiger partial charge < -0.3 is 24.0 Å². The summed E-state index contributed by atoms with van der Waals surface area (Å²) in [4.78, 5) is 39.3. The molecule has 4 aromatic carbocycles. The molecule has 0 unspecified atom stereocenters. The summed E-state index contributed by atoms with van der Waals surface area (Å²) in [5, 5.41) is 3.85. The minimum absolute atomic E-state index is 0.362. The highest BCUT2D eigenvalue weighted by Gasteiger charge is 2.15. The maximum absolute atomic E-state index is 12.2. The van der Waals surface area contributed by atoms with Gasteiger partial charge in [0.1, 0.15) is 11.5 Å². The van der Waals surface area contributed by atoms with Crippen LogP contribution in [-0.2, 0) is 0 Å². The van der Waals surface area contributed by atoms with Gasteiger partial charge in [-0.2, -0.15) is 9.97 Å². The molecule has 0 fully saturated rings. The van der Waals surface area contributed by atoms with Gasteiger partial charge >= 0.3 is 11.5 Å². The van der Waals surface area contributed by atoms with E-state index in [0.717, 1.165) is 5.56 Å². The number of benzene rings is 4. The number of nitrogen functional groups attached to an aromatic ring is 1. The number of pyridine rings is 2. The first kappa shape index (κ1) is 36.3. The molecule has 0 spiro atoms. The summed E-state index contributed by atoms with van der Waals surface area (Å²) in [6, 6.07) is 34.6. The number of anilines is 2. The zero-order valence-electron chi connectivity index (χ0n) is 27.2. The van der Waals surface area contributed by atoms with Gasteiger partial charge in [0, 0.05) is 39.7 Å². The lowest BCUT2D eigenvalue weighted by Gasteiger charge is -2.09. The minimum atomic E-state index is -0.854. The topological polar surface area (TPSA) is 168 Å². The number of oxazole rings is 2. The van der Waals surface area contributed by atoms with E-state index in [9.17, 15) is 9.59 Å². The van der Waals surface area contributed by atoms with E-state index < -0.39 is 11.5 Å². The Morgan fingerprint density at radius 3 is 1.62 bits per heavy atom. The number of carbonyl (C=O) groups excluding carboxylic acids is 2. The number of rotatable bonds is 5. The summed E-state index contributed by atoms with van der Waals surface area (Å²) in [6.07, 6.45) is 2.69. The molecule has 12 nitrogen and oxygen atoms in total. The average molecular weight is 768 g/mol. The van der Waals surface area contributed by atoms with E-state index in [1.807, 2.05) is 42.5 Å². The minimum Gasteiger partial charge on any atom is -0.434 e. The van der Waals surface area contributed by atoms with Crippen molar-refractivity contribution in [3.8, 4) is 34.4 Å². The molecule has 53 heavy (non-hydrogen) atoms. The summed E-state index contributed by atoms with van der Waals surface area (Å²) in [7, 11) is 0. The van der Waals surface area contributed by atoms with Gasteiger partial charge in [0.25, 0.3) is 0 Å². The SMILES string of the molecule is Nc1ccccc1-c1nc2ncccc2o1.O=C(Cl)Oc1ccc(Cl)cc1.O=C(Nc1ccccc1-c1nc2ncccc2o1)Oc1ccc(Cl)cc1. The Kier molecular flexibility index (Phi) is 11.8. The molecule has 0 bridgehead atoms. The molecule has 0 aliphatic heterocycles. The van der Waals surface area contributed by atoms with Gasteiger partial charge in [0.05, 0.1) is 16.8 Å². The van der Waals surface area contributed by atoms with Crippen molar-refractivity contribution in [2.75, 3.05) is 11.1 Å². The Bertz CT molecular complexity index is 2420. The highest BCUT2D eigenvalue weighted by Crippen LogP contribution is 2.30. The van der Waals surface area contributed by atoms with E-state index in [1.165, 1.54) is 0 Å². The Morgan fingerprint density at radius 1 is 0.604 bits per heavy atom. The fourth-order valence-corrected chi connectivity index (χ4v) is 4.92. The molecule has 4 heterocycles. The van der Waals surface area contributed by atoms with Crippen LogP contribution in [0, 0.1) is 0 Å². The molecule has 8 aromatic rings. The van der Waals surface area contributed by atoms with Crippen molar-refractivity contribution in [2.45, 2.75) is 0 Å². The zero-order chi connectivity index (χ0) is 37.2. The van der Waals surface area contributed by atoms with E-state index in [-0.39, 0.29) is 0 Å². The number of fused-ring (bicyclic) bond motifs is 2. The number of nitrogens with zero attached hydrogens (tertiary/aromatic N) is 4. The van der Waals surface area contributed by atoms with Crippen LogP contribution in [0.1, 0.15) is 0 Å². The lowest BCUT2D eigenvalue weighted by Crippen LogP contribution is -2.17. The molecular formula is C38H25Cl3N6O6. The van der Waals surface area contributed by atoms with Gasteiger partial charge in [-0.3, -0.25) is 5.32 Å². The lowest BCUT2D eigenvalue weighted by molar-refractivity contribution is 0.215. The molecule has 264 valence electrons. The number of aromatic nitrogens is 4. The van der Waals surface area contributed by atoms with Crippen LogP contribution in [-0.4, -0.2) is 31.5 Å². The number of nitrogens with one attached hydrogen (secondary N) is 1. The van der Waals surface area contributed by atoms with Gasteiger partial charge in [0.2, 0.25) is 11.8 Å². The molecule has 0 saturated heterocycles. The first-order chi connectivity index (χ1) is 25.7. The van der Waals surface area contributed by atoms with Crippen LogP contribution in [0.5, 0.6) is 11.5 Å². The fraction of sp³-hybridized carbons (Fsp3) is 0. The average Bonchev–Trinajstić information content (AvgIpc) is 3.79. The third-order valence-electron chi connectivity index (χ3n) is 6.95. The number of hydrogen-bond donors (Lipinski definition) is 2. The highest BCUT2D eigenvalue weighted by atomic mass is 35.5. The van der Waals surface area contributed by atoms with Crippen LogP contribution >= 0.6 is 34.8 Å². The van der Waals surface area contributed by atoms with Gasteiger partial charge in [-0.1, -0.05) is 47.5 Å². The van der Waals surface area contributed by atoms with Gasteiger partial charge in [-0.25, -0.2) is 19.6 Å². The van der Waals surface area contributed by atoms with Crippen LogP contribution in [0.25, 0.3) is 45.4 Å². The van der Waals surface area contributed by atoms with Crippen molar-refractivity contribution in [1.82, 2.24) is 19.9 Å². The normalized spacial score (nSPS) is 10.4. The second-order valence-electron chi connectivity index (χ2n) is 10.6. The summed E-state index contributed by atoms with van der Waals surface area (Å²) in [5.41, 5.74) is 9.91. The fourth-order valence-electron chi connectivity index (χ4n) is 4.58. The summed E-state index contributed by atoms with van der Waals surface area (Å²) in [6.45, 7) is 0. The Balaban J connectivity index is 0.000000151. The second kappa shape index (κ2) is 17.2. The monoisotopic (exact) mass is 766 g/mol. The Morgan fingerprint density at radius 2 is 1.09 bits per heavy atom. The second-order valence-corrected chi connectivity index (χ2v) is 11.8.